The van der Waals surface area contributed by atoms with E-state index in [4.69, 9.17) is 0 Å². The molecule has 3 saturated heterocycles. The lowest BCUT2D eigenvalue weighted by Crippen LogP contribution is -2.57. The first-order valence-electron chi connectivity index (χ1n) is 9.50. The summed E-state index contributed by atoms with van der Waals surface area (Å²) in [5.74, 6) is 0.729. The van der Waals surface area contributed by atoms with Gasteiger partial charge in [0.1, 0.15) is 0 Å². The Balaban J connectivity index is 1.36. The van der Waals surface area contributed by atoms with E-state index >= 15 is 0 Å². The summed E-state index contributed by atoms with van der Waals surface area (Å²) in [5, 5.41) is 3.23. The van der Waals surface area contributed by atoms with Crippen molar-refractivity contribution in [2.75, 3.05) is 19.6 Å². The summed E-state index contributed by atoms with van der Waals surface area (Å²) in [6.45, 7) is 4.91. The number of benzene rings is 2. The van der Waals surface area contributed by atoms with Crippen molar-refractivity contribution in [3.8, 4) is 0 Å². The first-order chi connectivity index (χ1) is 13.1. The minimum absolute atomic E-state index is 0.0242. The lowest BCUT2D eigenvalue weighted by Gasteiger charge is -2.44. The molecule has 0 radical (unpaired) electrons. The predicted molar refractivity (Wildman–Crippen MR) is 107 cm³/mol. The maximum absolute atomic E-state index is 12.6. The second-order valence-electron chi connectivity index (χ2n) is 7.42. The lowest BCUT2D eigenvalue weighted by molar-refractivity contribution is 0.0620. The number of hydrogen-bond acceptors (Lipinski definition) is 4. The van der Waals surface area contributed by atoms with E-state index in [2.05, 4.69) is 10.2 Å². The molecule has 3 aliphatic heterocycles. The van der Waals surface area contributed by atoms with E-state index in [-0.39, 0.29) is 17.7 Å². The molecule has 0 saturated carbocycles. The number of Topliss-reactive ketones (excluding diaryl/α,β-unsaturated/α-hetero) is 1. The molecule has 0 aliphatic carbocycles. The summed E-state index contributed by atoms with van der Waals surface area (Å²) < 4.78 is 0. The Morgan fingerprint density at radius 1 is 0.926 bits per heavy atom. The second-order valence-corrected chi connectivity index (χ2v) is 8.57. The molecule has 5 heteroatoms. The highest BCUT2D eigenvalue weighted by Gasteiger charge is 2.34. The van der Waals surface area contributed by atoms with Crippen molar-refractivity contribution in [2.24, 2.45) is 5.92 Å². The Hall–Kier alpha value is -2.11. The smallest absolute Gasteiger partial charge is 0.251 e. The van der Waals surface area contributed by atoms with Crippen LogP contribution in [-0.2, 0) is 0 Å². The van der Waals surface area contributed by atoms with Gasteiger partial charge in [0.2, 0.25) is 0 Å². The van der Waals surface area contributed by atoms with Crippen molar-refractivity contribution in [3.05, 3.63) is 59.7 Å². The molecule has 4 nitrogen and oxygen atoms in total. The first kappa shape index (κ1) is 18.3. The molecule has 1 atom stereocenters. The third-order valence-corrected chi connectivity index (χ3v) is 6.60. The van der Waals surface area contributed by atoms with Gasteiger partial charge in [-0.1, -0.05) is 23.9 Å². The largest absolute Gasteiger partial charge is 0.348 e. The van der Waals surface area contributed by atoms with Gasteiger partial charge in [0.05, 0.1) is 0 Å². The minimum atomic E-state index is 0.0242. The normalized spacial score (nSPS) is 23.8. The summed E-state index contributed by atoms with van der Waals surface area (Å²) in [4.78, 5) is 28.5. The summed E-state index contributed by atoms with van der Waals surface area (Å²) >= 11 is 1.62. The van der Waals surface area contributed by atoms with E-state index in [0.717, 1.165) is 21.9 Å². The van der Waals surface area contributed by atoms with Gasteiger partial charge in [-0.2, -0.15) is 0 Å². The van der Waals surface area contributed by atoms with Crippen molar-refractivity contribution in [2.45, 2.75) is 35.6 Å². The average molecular weight is 381 g/mol. The van der Waals surface area contributed by atoms with Crippen LogP contribution in [0.4, 0.5) is 0 Å². The highest BCUT2D eigenvalue weighted by atomic mass is 32.2. The Labute approximate surface area is 164 Å². The third kappa shape index (κ3) is 4.25. The molecule has 3 fully saturated rings. The van der Waals surface area contributed by atoms with Crippen molar-refractivity contribution in [3.63, 3.8) is 0 Å². The van der Waals surface area contributed by atoms with Crippen LogP contribution < -0.4 is 5.32 Å². The Bertz CT molecular complexity index is 824. The number of carbonyl (C=O) groups excluding carboxylic acids is 2. The van der Waals surface area contributed by atoms with Gasteiger partial charge in [0.25, 0.3) is 5.91 Å². The summed E-state index contributed by atoms with van der Waals surface area (Å²) in [5.41, 5.74) is 1.43. The number of carbonyl (C=O) groups is 2. The van der Waals surface area contributed by atoms with Gasteiger partial charge in [0, 0.05) is 33.5 Å². The van der Waals surface area contributed by atoms with Crippen molar-refractivity contribution in [1.29, 1.82) is 0 Å². The summed E-state index contributed by atoms with van der Waals surface area (Å²) in [6.07, 6.45) is 2.39. The monoisotopic (exact) mass is 380 g/mol. The van der Waals surface area contributed by atoms with Crippen LogP contribution in [0.1, 0.15) is 40.5 Å². The topological polar surface area (TPSA) is 49.4 Å². The van der Waals surface area contributed by atoms with Crippen molar-refractivity contribution < 1.29 is 9.59 Å². The van der Waals surface area contributed by atoms with E-state index in [1.165, 1.54) is 25.9 Å². The van der Waals surface area contributed by atoms with Gasteiger partial charge in [0.15, 0.2) is 5.78 Å². The molecule has 1 N–H and O–H groups in total. The second kappa shape index (κ2) is 7.87. The van der Waals surface area contributed by atoms with Crippen LogP contribution in [-0.4, -0.2) is 42.3 Å². The van der Waals surface area contributed by atoms with Crippen LogP contribution in [0.15, 0.2) is 58.3 Å². The molecule has 5 rings (SSSR count). The van der Waals surface area contributed by atoms with Crippen molar-refractivity contribution in [1.82, 2.24) is 10.2 Å². The fraction of sp³-hybridized carbons (Fsp3) is 0.364. The molecular weight excluding hydrogens is 356 g/mol. The molecule has 3 heterocycles. The molecule has 1 amide bonds. The van der Waals surface area contributed by atoms with Crippen LogP contribution in [0, 0.1) is 5.92 Å². The Kier molecular flexibility index (Phi) is 5.32. The van der Waals surface area contributed by atoms with Gasteiger partial charge in [-0.05, 0) is 75.2 Å². The minimum Gasteiger partial charge on any atom is -0.348 e. The van der Waals surface area contributed by atoms with Gasteiger partial charge >= 0.3 is 0 Å². The zero-order valence-corrected chi connectivity index (χ0v) is 16.3. The van der Waals surface area contributed by atoms with E-state index in [9.17, 15) is 9.59 Å². The highest BCUT2D eigenvalue weighted by molar-refractivity contribution is 7.99. The standard InChI is InChI=1S/C22H24N2O2S/c1-15(25)16-2-6-19(7-3-16)27-20-8-4-18(5-9-20)22(26)23-21-14-24-12-10-17(21)11-13-24/h2-9,17,21H,10-14H2,1H3,(H,23,26)/t21-/m0/s1. The van der Waals surface area contributed by atoms with Crippen LogP contribution in [0.5, 0.6) is 0 Å². The molecule has 0 spiro atoms. The van der Waals surface area contributed by atoms with E-state index in [0.29, 0.717) is 11.5 Å². The van der Waals surface area contributed by atoms with Crippen molar-refractivity contribution >= 4 is 23.5 Å². The number of hydrogen-bond donors (Lipinski definition) is 1. The zero-order chi connectivity index (χ0) is 18.8. The highest BCUT2D eigenvalue weighted by Crippen LogP contribution is 2.29. The lowest BCUT2D eigenvalue weighted by atomic mass is 9.84. The number of amides is 1. The molecule has 0 unspecified atom stereocenters. The van der Waals surface area contributed by atoms with Crippen LogP contribution >= 0.6 is 11.8 Å². The predicted octanol–water partition coefficient (Wildman–Crippen LogP) is 3.86. The SMILES string of the molecule is CC(=O)c1ccc(Sc2ccc(C(=O)N[C@H]3CN4CCC3CC4)cc2)cc1. The zero-order valence-electron chi connectivity index (χ0n) is 15.5. The quantitative estimate of drug-likeness (QED) is 0.800. The molecule has 2 aromatic rings. The Morgan fingerprint density at radius 3 is 1.96 bits per heavy atom. The first-order valence-corrected chi connectivity index (χ1v) is 10.3. The molecule has 3 aliphatic rings. The maximum atomic E-state index is 12.6. The molecule has 2 aromatic carbocycles. The summed E-state index contributed by atoms with van der Waals surface area (Å²) in [6, 6.07) is 15.6. The Morgan fingerprint density at radius 2 is 1.48 bits per heavy atom. The van der Waals surface area contributed by atoms with Gasteiger partial charge in [-0.15, -0.1) is 0 Å². The maximum Gasteiger partial charge on any atom is 0.251 e. The van der Waals surface area contributed by atoms with E-state index < -0.39 is 0 Å². The van der Waals surface area contributed by atoms with Gasteiger partial charge < -0.3 is 10.2 Å². The summed E-state index contributed by atoms with van der Waals surface area (Å²) in [7, 11) is 0. The number of rotatable bonds is 5. The number of ketones is 1. The van der Waals surface area contributed by atoms with Gasteiger partial charge in [-0.3, -0.25) is 9.59 Å². The van der Waals surface area contributed by atoms with Crippen LogP contribution in [0.3, 0.4) is 0 Å². The fourth-order valence-electron chi connectivity index (χ4n) is 3.95. The molecule has 2 bridgehead atoms. The average Bonchev–Trinajstić information content (AvgIpc) is 2.70. The fourth-order valence-corrected chi connectivity index (χ4v) is 4.76. The number of fused-ring (bicyclic) bond motifs is 3. The van der Waals surface area contributed by atoms with Gasteiger partial charge in [-0.25, -0.2) is 0 Å². The van der Waals surface area contributed by atoms with E-state index in [1.807, 2.05) is 48.5 Å². The molecule has 0 aromatic heterocycles. The number of nitrogens with zero attached hydrogens (tertiary/aromatic N) is 1. The van der Waals surface area contributed by atoms with Crippen LogP contribution in [0.25, 0.3) is 0 Å². The molecule has 27 heavy (non-hydrogen) atoms. The molecule has 140 valence electrons. The number of nitrogens with one attached hydrogen (secondary N) is 1. The third-order valence-electron chi connectivity index (χ3n) is 5.59. The van der Waals surface area contributed by atoms with E-state index in [1.54, 1.807) is 18.7 Å². The number of piperidine rings is 3. The van der Waals surface area contributed by atoms with Crippen LogP contribution in [0.2, 0.25) is 0 Å². The molecular formula is C22H24N2O2S.